The van der Waals surface area contributed by atoms with E-state index in [1.807, 2.05) is 6.07 Å². The predicted octanol–water partition coefficient (Wildman–Crippen LogP) is -1.72. The van der Waals surface area contributed by atoms with Crippen LogP contribution in [0.25, 0.3) is 10.9 Å². The zero-order valence-corrected chi connectivity index (χ0v) is 22.3. The molecule has 2 aromatic heterocycles. The van der Waals surface area contributed by atoms with Gasteiger partial charge in [-0.05, 0) is 18.1 Å². The van der Waals surface area contributed by atoms with E-state index in [-0.39, 0.29) is 19.3 Å². The van der Waals surface area contributed by atoms with Crippen molar-refractivity contribution in [2.24, 2.45) is 11.5 Å². The van der Waals surface area contributed by atoms with Gasteiger partial charge < -0.3 is 47.6 Å². The van der Waals surface area contributed by atoms with E-state index in [2.05, 4.69) is 30.9 Å². The molecule has 4 unspecified atom stereocenters. The number of fused-ring (bicyclic) bond motifs is 1. The number of aliphatic carboxylic acids is 2. The summed E-state index contributed by atoms with van der Waals surface area (Å²) in [5, 5.41) is 26.5. The van der Waals surface area contributed by atoms with Crippen LogP contribution >= 0.6 is 0 Å². The minimum Gasteiger partial charge on any atom is -0.481 e. The molecule has 11 N–H and O–H groups in total. The van der Waals surface area contributed by atoms with Crippen molar-refractivity contribution in [3.8, 4) is 0 Å². The average molecular weight is 585 g/mol. The number of carbonyl (C=O) groups is 6. The molecule has 4 atom stereocenters. The molecule has 16 nitrogen and oxygen atoms in total. The molecule has 16 heteroatoms. The van der Waals surface area contributed by atoms with Crippen LogP contribution in [0.1, 0.15) is 30.5 Å². The number of amides is 4. The number of benzene rings is 1. The molecule has 42 heavy (non-hydrogen) atoms. The summed E-state index contributed by atoms with van der Waals surface area (Å²) in [5.74, 6) is -6.17. The van der Waals surface area contributed by atoms with E-state index in [9.17, 15) is 33.9 Å². The van der Waals surface area contributed by atoms with Gasteiger partial charge in [-0.15, -0.1) is 0 Å². The van der Waals surface area contributed by atoms with Crippen LogP contribution in [0.5, 0.6) is 0 Å². The highest BCUT2D eigenvalue weighted by Crippen LogP contribution is 2.19. The third-order valence-electron chi connectivity index (χ3n) is 6.37. The van der Waals surface area contributed by atoms with Crippen LogP contribution in [0.3, 0.4) is 0 Å². The lowest BCUT2D eigenvalue weighted by Crippen LogP contribution is -2.58. The largest absolute Gasteiger partial charge is 0.481 e. The summed E-state index contributed by atoms with van der Waals surface area (Å²) in [6.07, 6.45) is 2.91. The van der Waals surface area contributed by atoms with Gasteiger partial charge in [0.25, 0.3) is 0 Å². The van der Waals surface area contributed by atoms with Crippen LogP contribution in [0.15, 0.2) is 43.0 Å². The highest BCUT2D eigenvalue weighted by Gasteiger charge is 2.32. The lowest BCUT2D eigenvalue weighted by Gasteiger charge is -2.25. The maximum atomic E-state index is 13.4. The van der Waals surface area contributed by atoms with E-state index in [4.69, 9.17) is 16.6 Å². The van der Waals surface area contributed by atoms with Crippen LogP contribution < -0.4 is 27.4 Å². The lowest BCUT2D eigenvalue weighted by atomic mass is 10.0. The average Bonchev–Trinajstić information content (AvgIpc) is 3.60. The second-order valence-electron chi connectivity index (χ2n) is 9.58. The van der Waals surface area contributed by atoms with Gasteiger partial charge in [0, 0.05) is 48.3 Å². The Bertz CT molecular complexity index is 1440. The molecule has 0 spiro atoms. The maximum Gasteiger partial charge on any atom is 0.326 e. The van der Waals surface area contributed by atoms with Crippen LogP contribution in [0, 0.1) is 0 Å². The maximum absolute atomic E-state index is 13.4. The number of nitrogens with zero attached hydrogens (tertiary/aromatic N) is 1. The number of hydrogen-bond acceptors (Lipinski definition) is 8. The minimum atomic E-state index is -1.55. The number of H-pyrrole nitrogens is 2. The third kappa shape index (κ3) is 8.88. The van der Waals surface area contributed by atoms with Gasteiger partial charge in [-0.1, -0.05) is 18.2 Å². The molecule has 3 aromatic rings. The van der Waals surface area contributed by atoms with Crippen molar-refractivity contribution in [2.75, 3.05) is 0 Å². The van der Waals surface area contributed by atoms with E-state index in [0.29, 0.717) is 11.3 Å². The van der Waals surface area contributed by atoms with Crippen molar-refractivity contribution in [3.05, 3.63) is 54.2 Å². The van der Waals surface area contributed by atoms with Gasteiger partial charge in [0.05, 0.1) is 18.8 Å². The van der Waals surface area contributed by atoms with Gasteiger partial charge >= 0.3 is 11.9 Å². The van der Waals surface area contributed by atoms with Gasteiger partial charge in [0.1, 0.15) is 18.1 Å². The first-order valence-electron chi connectivity index (χ1n) is 12.9. The number of rotatable bonds is 16. The zero-order valence-electron chi connectivity index (χ0n) is 22.3. The molecular weight excluding hydrogens is 552 g/mol. The number of aromatic nitrogens is 3. The minimum absolute atomic E-state index is 0.0899. The van der Waals surface area contributed by atoms with Crippen molar-refractivity contribution in [2.45, 2.75) is 56.3 Å². The fraction of sp³-hybridized carbons (Fsp3) is 0.346. The molecule has 0 aliphatic carbocycles. The van der Waals surface area contributed by atoms with Crippen LogP contribution in [-0.2, 0) is 41.6 Å². The van der Waals surface area contributed by atoms with Gasteiger partial charge in [0.15, 0.2) is 0 Å². The fourth-order valence-corrected chi connectivity index (χ4v) is 4.19. The number of primary amides is 1. The first kappa shape index (κ1) is 31.3. The Morgan fingerprint density at radius 3 is 2.19 bits per heavy atom. The van der Waals surface area contributed by atoms with Crippen LogP contribution in [0.4, 0.5) is 0 Å². The molecule has 0 bridgehead atoms. The SMILES string of the molecule is NC(=O)CC(NC(=O)C(N)CCC(=O)O)C(=O)NC(Cc1c[nH]c2ccccc12)C(=O)NC(Cc1cnc[nH]1)C(=O)O. The van der Waals surface area contributed by atoms with Gasteiger partial charge in [-0.25, -0.2) is 9.78 Å². The number of aromatic amines is 2. The standard InChI is InChI=1S/C26H32N8O8/c27-16(5-6-22(36)37)23(38)32-19(9-21(28)35)25(40)33-18(7-13-10-30-17-4-2-1-3-15(13)17)24(39)34-20(26(41)42)8-14-11-29-12-31-14/h1-4,10-12,16,18-20,30H,5-9,27H2,(H2,28,35)(H,29,31)(H,32,38)(H,33,40)(H,34,39)(H,36,37)(H,41,42). The molecule has 2 heterocycles. The highest BCUT2D eigenvalue weighted by atomic mass is 16.4. The Kier molecular flexibility index (Phi) is 10.7. The molecule has 0 saturated heterocycles. The van der Waals surface area contributed by atoms with Gasteiger partial charge in [-0.3, -0.25) is 24.0 Å². The summed E-state index contributed by atoms with van der Waals surface area (Å²) in [6.45, 7) is 0. The fourth-order valence-electron chi connectivity index (χ4n) is 4.19. The number of hydrogen-bond donors (Lipinski definition) is 9. The monoisotopic (exact) mass is 584 g/mol. The van der Waals surface area contributed by atoms with Gasteiger partial charge in [0.2, 0.25) is 23.6 Å². The Hall–Kier alpha value is -5.25. The number of imidazole rings is 1. The summed E-state index contributed by atoms with van der Waals surface area (Å²) >= 11 is 0. The second kappa shape index (κ2) is 14.4. The molecular formula is C26H32N8O8. The zero-order chi connectivity index (χ0) is 30.8. The van der Waals surface area contributed by atoms with Gasteiger partial charge in [-0.2, -0.15) is 0 Å². The molecule has 0 radical (unpaired) electrons. The Morgan fingerprint density at radius 2 is 1.55 bits per heavy atom. The van der Waals surface area contributed by atoms with Crippen LogP contribution in [-0.4, -0.2) is 84.9 Å². The van der Waals surface area contributed by atoms with E-state index in [0.717, 1.165) is 10.9 Å². The molecule has 4 amide bonds. The van der Waals surface area contributed by atoms with E-state index < -0.39 is 72.6 Å². The molecule has 0 aliphatic rings. The first-order chi connectivity index (χ1) is 19.9. The first-order valence-corrected chi connectivity index (χ1v) is 12.9. The lowest BCUT2D eigenvalue weighted by molar-refractivity contribution is -0.142. The third-order valence-corrected chi connectivity index (χ3v) is 6.37. The molecule has 0 aliphatic heterocycles. The highest BCUT2D eigenvalue weighted by molar-refractivity contribution is 5.96. The molecule has 0 saturated carbocycles. The molecule has 224 valence electrons. The summed E-state index contributed by atoms with van der Waals surface area (Å²) in [4.78, 5) is 83.3. The summed E-state index contributed by atoms with van der Waals surface area (Å²) in [6, 6.07) is 1.61. The molecule has 1 aromatic carbocycles. The number of para-hydroxylation sites is 1. The predicted molar refractivity (Wildman–Crippen MR) is 146 cm³/mol. The normalized spacial score (nSPS) is 13.8. The molecule has 3 rings (SSSR count). The Morgan fingerprint density at radius 1 is 0.881 bits per heavy atom. The molecule has 0 fully saturated rings. The Labute approximate surface area is 238 Å². The topological polar surface area (TPSA) is 275 Å². The smallest absolute Gasteiger partial charge is 0.326 e. The quantitative estimate of drug-likeness (QED) is 0.0918. The summed E-state index contributed by atoms with van der Waals surface area (Å²) in [5.41, 5.74) is 12.8. The number of carbonyl (C=O) groups excluding carboxylic acids is 4. The van der Waals surface area contributed by atoms with E-state index in [1.165, 1.54) is 12.5 Å². The summed E-state index contributed by atoms with van der Waals surface area (Å²) < 4.78 is 0. The number of nitrogens with two attached hydrogens (primary N) is 2. The van der Waals surface area contributed by atoms with E-state index >= 15 is 0 Å². The number of nitrogens with one attached hydrogen (secondary N) is 5. The van der Waals surface area contributed by atoms with Crippen molar-refractivity contribution >= 4 is 46.5 Å². The van der Waals surface area contributed by atoms with Crippen molar-refractivity contribution in [3.63, 3.8) is 0 Å². The summed E-state index contributed by atoms with van der Waals surface area (Å²) in [7, 11) is 0. The number of carboxylic acid groups (broad SMARTS) is 2. The van der Waals surface area contributed by atoms with Crippen molar-refractivity contribution < 1.29 is 39.0 Å². The van der Waals surface area contributed by atoms with Crippen molar-refractivity contribution in [1.29, 1.82) is 0 Å². The van der Waals surface area contributed by atoms with Crippen LogP contribution in [0.2, 0.25) is 0 Å². The number of carboxylic acids is 2. The Balaban J connectivity index is 1.84. The van der Waals surface area contributed by atoms with E-state index in [1.54, 1.807) is 24.4 Å². The van der Waals surface area contributed by atoms with Crippen molar-refractivity contribution in [1.82, 2.24) is 30.9 Å². The second-order valence-corrected chi connectivity index (χ2v) is 9.58.